The topological polar surface area (TPSA) is 25.4 Å². The Kier molecular flexibility index (Phi) is 3.51. The number of thiazole rings is 1. The molecule has 1 aliphatic heterocycles. The Balaban J connectivity index is 1.68. The van der Waals surface area contributed by atoms with Gasteiger partial charge in [-0.1, -0.05) is 0 Å². The van der Waals surface area contributed by atoms with E-state index in [-0.39, 0.29) is 0 Å². The first-order chi connectivity index (χ1) is 8.42. The first-order valence-corrected chi connectivity index (χ1v) is 7.51. The number of aromatic nitrogens is 1. The Labute approximate surface area is 109 Å². The zero-order valence-corrected chi connectivity index (χ0v) is 11.1. The molecule has 1 saturated heterocycles. The normalized spacial score (nSPS) is 17.4. The maximum atomic E-state index is 5.34. The lowest BCUT2D eigenvalue weighted by molar-refractivity contribution is 0.0337. The minimum atomic E-state index is 0.849. The molecule has 0 radical (unpaired) electrons. The second kappa shape index (κ2) is 5.27. The molecule has 0 bridgehead atoms. The Morgan fingerprint density at radius 3 is 2.94 bits per heavy atom. The average molecular weight is 266 g/mol. The second-order valence-corrected chi connectivity index (χ2v) is 5.68. The van der Waals surface area contributed by atoms with Crippen LogP contribution in [0.5, 0.6) is 0 Å². The fourth-order valence-electron chi connectivity index (χ4n) is 1.89. The van der Waals surface area contributed by atoms with Gasteiger partial charge in [-0.15, -0.1) is 11.3 Å². The van der Waals surface area contributed by atoms with E-state index in [4.69, 9.17) is 4.74 Å². The molecule has 3 heterocycles. The molecule has 0 aromatic carbocycles. The molecule has 3 rings (SSSR count). The lowest BCUT2D eigenvalue weighted by Crippen LogP contribution is -2.35. The molecule has 90 valence electrons. The Morgan fingerprint density at radius 1 is 1.29 bits per heavy atom. The van der Waals surface area contributed by atoms with Crippen molar-refractivity contribution in [3.8, 4) is 10.6 Å². The van der Waals surface area contributed by atoms with Crippen molar-refractivity contribution in [2.75, 3.05) is 26.3 Å². The van der Waals surface area contributed by atoms with Crippen LogP contribution in [-0.4, -0.2) is 36.2 Å². The zero-order valence-electron chi connectivity index (χ0n) is 9.46. The molecule has 17 heavy (non-hydrogen) atoms. The summed E-state index contributed by atoms with van der Waals surface area (Å²) in [7, 11) is 0. The van der Waals surface area contributed by atoms with Crippen molar-refractivity contribution in [3.05, 3.63) is 27.9 Å². The van der Waals surface area contributed by atoms with Gasteiger partial charge in [-0.05, 0) is 11.4 Å². The predicted octanol–water partition coefficient (Wildman–Crippen LogP) is 2.70. The largest absolute Gasteiger partial charge is 0.379 e. The number of morpholine rings is 1. The molecule has 1 fully saturated rings. The van der Waals surface area contributed by atoms with E-state index in [0.717, 1.165) is 37.9 Å². The third kappa shape index (κ3) is 2.74. The summed E-state index contributed by atoms with van der Waals surface area (Å²) in [5.74, 6) is 0. The third-order valence-electron chi connectivity index (χ3n) is 2.81. The van der Waals surface area contributed by atoms with Crippen molar-refractivity contribution in [2.24, 2.45) is 0 Å². The summed E-state index contributed by atoms with van der Waals surface area (Å²) in [4.78, 5) is 7.09. The molecule has 3 nitrogen and oxygen atoms in total. The highest BCUT2D eigenvalue weighted by Crippen LogP contribution is 2.26. The number of thiophene rings is 1. The number of nitrogens with zero attached hydrogens (tertiary/aromatic N) is 2. The third-order valence-corrected chi connectivity index (χ3v) is 4.43. The summed E-state index contributed by atoms with van der Waals surface area (Å²) < 4.78 is 5.34. The van der Waals surface area contributed by atoms with Gasteiger partial charge >= 0.3 is 0 Å². The first-order valence-electron chi connectivity index (χ1n) is 5.69. The Bertz CT molecular complexity index is 461. The summed E-state index contributed by atoms with van der Waals surface area (Å²) in [6.07, 6.45) is 0. The van der Waals surface area contributed by atoms with E-state index in [2.05, 4.69) is 32.1 Å². The molecule has 0 N–H and O–H groups in total. The van der Waals surface area contributed by atoms with Gasteiger partial charge in [-0.2, -0.15) is 11.3 Å². The van der Waals surface area contributed by atoms with Gasteiger partial charge in [0.15, 0.2) is 0 Å². The van der Waals surface area contributed by atoms with Gasteiger partial charge < -0.3 is 4.74 Å². The van der Waals surface area contributed by atoms with E-state index in [1.54, 1.807) is 22.7 Å². The van der Waals surface area contributed by atoms with Crippen LogP contribution in [0.4, 0.5) is 0 Å². The van der Waals surface area contributed by atoms with Crippen molar-refractivity contribution in [1.29, 1.82) is 0 Å². The van der Waals surface area contributed by atoms with Crippen molar-refractivity contribution >= 4 is 22.7 Å². The fourth-order valence-corrected chi connectivity index (χ4v) is 3.41. The highest BCUT2D eigenvalue weighted by atomic mass is 32.1. The van der Waals surface area contributed by atoms with Crippen molar-refractivity contribution in [3.63, 3.8) is 0 Å². The van der Waals surface area contributed by atoms with E-state index < -0.39 is 0 Å². The van der Waals surface area contributed by atoms with Crippen molar-refractivity contribution < 1.29 is 4.74 Å². The predicted molar refractivity (Wildman–Crippen MR) is 71.5 cm³/mol. The van der Waals surface area contributed by atoms with Gasteiger partial charge in [0.25, 0.3) is 0 Å². The summed E-state index contributed by atoms with van der Waals surface area (Å²) in [5.41, 5.74) is 2.42. The Morgan fingerprint density at radius 2 is 2.18 bits per heavy atom. The molecule has 0 saturated carbocycles. The zero-order chi connectivity index (χ0) is 11.5. The van der Waals surface area contributed by atoms with Crippen LogP contribution in [0.15, 0.2) is 22.2 Å². The van der Waals surface area contributed by atoms with Crippen LogP contribution < -0.4 is 0 Å². The number of ether oxygens (including phenoxy) is 1. The minimum absolute atomic E-state index is 0.849. The number of hydrogen-bond acceptors (Lipinski definition) is 5. The molecular weight excluding hydrogens is 252 g/mol. The van der Waals surface area contributed by atoms with E-state index >= 15 is 0 Å². The molecule has 2 aromatic heterocycles. The van der Waals surface area contributed by atoms with Gasteiger partial charge in [0.2, 0.25) is 0 Å². The monoisotopic (exact) mass is 266 g/mol. The van der Waals surface area contributed by atoms with Crippen LogP contribution in [-0.2, 0) is 11.3 Å². The van der Waals surface area contributed by atoms with E-state index in [0.29, 0.717) is 0 Å². The van der Waals surface area contributed by atoms with Crippen LogP contribution in [0, 0.1) is 0 Å². The van der Waals surface area contributed by atoms with E-state index in [9.17, 15) is 0 Å². The van der Waals surface area contributed by atoms with Crippen molar-refractivity contribution in [2.45, 2.75) is 6.54 Å². The fraction of sp³-hybridized carbons (Fsp3) is 0.417. The summed E-state index contributed by atoms with van der Waals surface area (Å²) in [5, 5.41) is 7.55. The molecule has 1 aliphatic rings. The molecule has 5 heteroatoms. The second-order valence-electron chi connectivity index (χ2n) is 4.04. The van der Waals surface area contributed by atoms with Crippen LogP contribution in [0.2, 0.25) is 0 Å². The first kappa shape index (κ1) is 11.3. The maximum Gasteiger partial charge on any atom is 0.124 e. The molecule has 0 unspecified atom stereocenters. The lowest BCUT2D eigenvalue weighted by atomic mass is 10.3. The van der Waals surface area contributed by atoms with E-state index in [1.807, 2.05) is 0 Å². The van der Waals surface area contributed by atoms with Crippen LogP contribution in [0.1, 0.15) is 5.69 Å². The maximum absolute atomic E-state index is 5.34. The van der Waals surface area contributed by atoms with Crippen LogP contribution in [0.25, 0.3) is 10.6 Å². The highest BCUT2D eigenvalue weighted by molar-refractivity contribution is 7.14. The lowest BCUT2D eigenvalue weighted by Gasteiger charge is -2.25. The van der Waals surface area contributed by atoms with Gasteiger partial charge in [-0.3, -0.25) is 4.90 Å². The molecule has 0 spiro atoms. The standard InChI is InChI=1S/C12H14N2OS2/c1-6-16-8-10(1)12-13-11(9-17-12)7-14-2-4-15-5-3-14/h1,6,8-9H,2-5,7H2. The molecule has 0 aliphatic carbocycles. The molecule has 2 aromatic rings. The quantitative estimate of drug-likeness (QED) is 0.854. The summed E-state index contributed by atoms with van der Waals surface area (Å²) in [6, 6.07) is 2.13. The number of rotatable bonds is 3. The van der Waals surface area contributed by atoms with E-state index in [1.165, 1.54) is 11.3 Å². The summed E-state index contributed by atoms with van der Waals surface area (Å²) in [6.45, 7) is 4.68. The number of hydrogen-bond donors (Lipinski definition) is 0. The molecular formula is C12H14N2OS2. The summed E-state index contributed by atoms with van der Waals surface area (Å²) >= 11 is 3.45. The molecule has 0 atom stereocenters. The SMILES string of the molecule is c1cc(-c2nc(CN3CCOCC3)cs2)cs1. The average Bonchev–Trinajstić information content (AvgIpc) is 3.00. The van der Waals surface area contributed by atoms with Crippen LogP contribution >= 0.6 is 22.7 Å². The molecule has 0 amide bonds. The smallest absolute Gasteiger partial charge is 0.124 e. The minimum Gasteiger partial charge on any atom is -0.379 e. The van der Waals surface area contributed by atoms with Gasteiger partial charge in [0.1, 0.15) is 5.01 Å². The van der Waals surface area contributed by atoms with Gasteiger partial charge in [-0.25, -0.2) is 4.98 Å². The van der Waals surface area contributed by atoms with Gasteiger partial charge in [0, 0.05) is 36.0 Å². The van der Waals surface area contributed by atoms with Crippen LogP contribution in [0.3, 0.4) is 0 Å². The van der Waals surface area contributed by atoms with Gasteiger partial charge in [0.05, 0.1) is 18.9 Å². The van der Waals surface area contributed by atoms with Crippen molar-refractivity contribution in [1.82, 2.24) is 9.88 Å². The Hall–Kier alpha value is -0.750. The highest BCUT2D eigenvalue weighted by Gasteiger charge is 2.13.